The summed E-state index contributed by atoms with van der Waals surface area (Å²) in [7, 11) is -4.13. The third-order valence-electron chi connectivity index (χ3n) is 8.75. The van der Waals surface area contributed by atoms with Gasteiger partial charge in [-0.15, -0.1) is 11.3 Å². The molecule has 3 aromatic rings. The fraction of sp³-hybridized carbons (Fsp3) is 0.515. The fourth-order valence-electron chi connectivity index (χ4n) is 6.47. The maximum absolute atomic E-state index is 14.0. The van der Waals surface area contributed by atoms with Gasteiger partial charge in [-0.3, -0.25) is 4.90 Å². The number of hydrogen-bond acceptors (Lipinski definition) is 11. The monoisotopic (exact) mass is 703 g/mol. The van der Waals surface area contributed by atoms with Crippen molar-refractivity contribution in [3.63, 3.8) is 0 Å². The predicted octanol–water partition coefficient (Wildman–Crippen LogP) is 4.12. The predicted molar refractivity (Wildman–Crippen MR) is 175 cm³/mol. The molecule has 1 aromatic heterocycles. The number of fused-ring (bicyclic) bond motifs is 2. The lowest BCUT2D eigenvalue weighted by atomic mass is 9.93. The second-order valence-electron chi connectivity index (χ2n) is 12.6. The van der Waals surface area contributed by atoms with Gasteiger partial charge in [0.25, 0.3) is 0 Å². The molecule has 0 saturated carbocycles. The smallest absolute Gasteiger partial charge is 0.407 e. The van der Waals surface area contributed by atoms with Crippen molar-refractivity contribution >= 4 is 27.5 Å². The van der Waals surface area contributed by atoms with Crippen molar-refractivity contribution in [3.05, 3.63) is 64.1 Å². The Labute approximate surface area is 284 Å². The van der Waals surface area contributed by atoms with Crippen LogP contribution in [0.15, 0.2) is 52.7 Å². The lowest BCUT2D eigenvalue weighted by Crippen LogP contribution is -2.57. The number of carboxylic acid groups (broad SMARTS) is 1. The van der Waals surface area contributed by atoms with Crippen molar-refractivity contribution in [2.75, 3.05) is 33.1 Å². The van der Waals surface area contributed by atoms with Gasteiger partial charge in [0.1, 0.15) is 12.4 Å². The molecule has 0 spiro atoms. The Hall–Kier alpha value is -3.47. The molecule has 0 bridgehead atoms. The third kappa shape index (κ3) is 7.56. The number of aliphatic hydroxyl groups is 1. The van der Waals surface area contributed by atoms with E-state index >= 15 is 0 Å². The molecule has 4 heterocycles. The van der Waals surface area contributed by atoms with Gasteiger partial charge in [-0.1, -0.05) is 26.0 Å². The van der Waals surface area contributed by atoms with E-state index in [0.717, 1.165) is 16.3 Å². The fourth-order valence-corrected chi connectivity index (χ4v) is 8.70. The molecule has 0 aliphatic carbocycles. The van der Waals surface area contributed by atoms with E-state index in [1.807, 2.05) is 38.3 Å². The molecule has 48 heavy (non-hydrogen) atoms. The minimum Gasteiger partial charge on any atom is -0.487 e. The molecule has 15 heteroatoms. The van der Waals surface area contributed by atoms with E-state index in [0.29, 0.717) is 36.9 Å². The van der Waals surface area contributed by atoms with E-state index < -0.39 is 40.6 Å². The molecular formula is C33H41N3O10S2. The highest BCUT2D eigenvalue weighted by Gasteiger charge is 2.49. The van der Waals surface area contributed by atoms with Gasteiger partial charge in [-0.25, -0.2) is 18.2 Å². The highest BCUT2D eigenvalue weighted by atomic mass is 32.2. The standard InChI is InChI=1S/C33H41N3O10S2/c1-20(2)14-35(48(40,41)25-8-9-30-31(13-25)46-19-45-30)15-29(37)27(36(33(38)39)28-17-44-32-26(28)10-11-42-32)12-22-4-6-24(7-5-22)43-16-23-18-47-21(3)34-23/h4-9,13,18,20,26-29,32,37H,10-12,14-17,19H2,1-3H3,(H,38,39)/t26-,27-,28-,29+,32+/m0/s1. The molecule has 1 amide bonds. The Morgan fingerprint density at radius 2 is 1.88 bits per heavy atom. The number of amides is 1. The second kappa shape index (κ2) is 14.6. The van der Waals surface area contributed by atoms with Crippen molar-refractivity contribution in [3.8, 4) is 17.2 Å². The highest BCUT2D eigenvalue weighted by molar-refractivity contribution is 7.89. The van der Waals surface area contributed by atoms with Crippen LogP contribution in [0.2, 0.25) is 0 Å². The number of aromatic nitrogens is 1. The maximum atomic E-state index is 14.0. The van der Waals surface area contributed by atoms with Crippen molar-refractivity contribution in [2.24, 2.45) is 11.8 Å². The number of carbonyl (C=O) groups is 1. The van der Waals surface area contributed by atoms with Crippen LogP contribution in [0.25, 0.3) is 0 Å². The zero-order valence-electron chi connectivity index (χ0n) is 27.1. The molecular weight excluding hydrogens is 663 g/mol. The zero-order chi connectivity index (χ0) is 34.0. The van der Waals surface area contributed by atoms with Gasteiger partial charge in [0.2, 0.25) is 16.8 Å². The van der Waals surface area contributed by atoms with E-state index in [2.05, 4.69) is 4.98 Å². The average Bonchev–Trinajstić information content (AvgIpc) is 3.86. The van der Waals surface area contributed by atoms with E-state index in [9.17, 15) is 23.4 Å². The summed E-state index contributed by atoms with van der Waals surface area (Å²) in [6, 6.07) is 10.0. The Morgan fingerprint density at radius 3 is 2.58 bits per heavy atom. The Balaban J connectivity index is 1.27. The Morgan fingerprint density at radius 1 is 1.10 bits per heavy atom. The molecule has 13 nitrogen and oxygen atoms in total. The molecule has 5 atom stereocenters. The minimum atomic E-state index is -4.13. The molecule has 0 radical (unpaired) electrons. The summed E-state index contributed by atoms with van der Waals surface area (Å²) in [6.07, 6.45) is -2.41. The molecule has 2 fully saturated rings. The van der Waals surface area contributed by atoms with Crippen LogP contribution in [0.5, 0.6) is 17.2 Å². The number of aryl methyl sites for hydroxylation is 1. The van der Waals surface area contributed by atoms with Crippen LogP contribution < -0.4 is 14.2 Å². The first-order chi connectivity index (χ1) is 23.0. The summed E-state index contributed by atoms with van der Waals surface area (Å²) >= 11 is 1.55. The van der Waals surface area contributed by atoms with Crippen molar-refractivity contribution < 1.29 is 47.1 Å². The normalized spacial score (nSPS) is 21.4. The average molecular weight is 704 g/mol. The molecule has 260 valence electrons. The zero-order valence-corrected chi connectivity index (χ0v) is 28.7. The SMILES string of the molecule is Cc1nc(COc2ccc(C[C@@H]([C@H](O)CN(CC(C)C)S(=O)(=O)c3ccc4c(c3)OCO4)N(C(=O)O)[C@H]3CO[C@H]4OCC[C@H]43)cc2)cs1. The number of thiazole rings is 1. The van der Waals surface area contributed by atoms with Crippen molar-refractivity contribution in [2.45, 2.75) is 69.6 Å². The van der Waals surface area contributed by atoms with E-state index in [4.69, 9.17) is 23.7 Å². The molecule has 2 aromatic carbocycles. The minimum absolute atomic E-state index is 0.00364. The molecule has 0 unspecified atom stereocenters. The molecule has 6 rings (SSSR count). The number of benzene rings is 2. The van der Waals surface area contributed by atoms with Crippen molar-refractivity contribution in [1.82, 2.24) is 14.2 Å². The first kappa shape index (κ1) is 34.4. The van der Waals surface area contributed by atoms with Gasteiger partial charge in [0, 0.05) is 30.5 Å². The van der Waals surface area contributed by atoms with Crippen LogP contribution in [0, 0.1) is 18.8 Å². The highest BCUT2D eigenvalue weighted by Crippen LogP contribution is 2.37. The largest absolute Gasteiger partial charge is 0.487 e. The summed E-state index contributed by atoms with van der Waals surface area (Å²) in [5, 5.41) is 25.5. The van der Waals surface area contributed by atoms with Crippen LogP contribution in [0.3, 0.4) is 0 Å². The lowest BCUT2D eigenvalue weighted by Gasteiger charge is -2.39. The van der Waals surface area contributed by atoms with Crippen LogP contribution in [-0.2, 0) is 32.5 Å². The van der Waals surface area contributed by atoms with Gasteiger partial charge in [-0.2, -0.15) is 4.31 Å². The quantitative estimate of drug-likeness (QED) is 0.249. The first-order valence-corrected chi connectivity index (χ1v) is 18.3. The van der Waals surface area contributed by atoms with Gasteiger partial charge in [0.05, 0.1) is 47.0 Å². The number of sulfonamides is 1. The van der Waals surface area contributed by atoms with Gasteiger partial charge in [0.15, 0.2) is 17.8 Å². The summed E-state index contributed by atoms with van der Waals surface area (Å²) in [4.78, 5) is 18.7. The van der Waals surface area contributed by atoms with E-state index in [1.165, 1.54) is 21.3 Å². The van der Waals surface area contributed by atoms with Crippen LogP contribution >= 0.6 is 11.3 Å². The summed E-state index contributed by atoms with van der Waals surface area (Å²) in [5.41, 5.74) is 1.57. The van der Waals surface area contributed by atoms with Gasteiger partial charge in [-0.05, 0) is 55.5 Å². The second-order valence-corrected chi connectivity index (χ2v) is 15.6. The summed E-state index contributed by atoms with van der Waals surface area (Å²) in [5.74, 6) is 1.09. The van der Waals surface area contributed by atoms with Crippen LogP contribution in [-0.4, -0.2) is 96.5 Å². The maximum Gasteiger partial charge on any atom is 0.407 e. The third-order valence-corrected chi connectivity index (χ3v) is 11.4. The number of aliphatic hydroxyl groups excluding tert-OH is 1. The molecule has 2 saturated heterocycles. The molecule has 2 N–H and O–H groups in total. The number of rotatable bonds is 14. The molecule has 3 aliphatic rings. The summed E-state index contributed by atoms with van der Waals surface area (Å²) in [6.45, 7) is 6.32. The van der Waals surface area contributed by atoms with Crippen LogP contribution in [0.1, 0.15) is 36.5 Å². The van der Waals surface area contributed by atoms with Crippen molar-refractivity contribution in [1.29, 1.82) is 0 Å². The number of nitrogens with zero attached hydrogens (tertiary/aromatic N) is 3. The van der Waals surface area contributed by atoms with Gasteiger partial charge >= 0.3 is 6.09 Å². The number of ether oxygens (including phenoxy) is 5. The topological polar surface area (TPSA) is 157 Å². The van der Waals surface area contributed by atoms with E-state index in [1.54, 1.807) is 29.5 Å². The lowest BCUT2D eigenvalue weighted by molar-refractivity contribution is -0.0906. The van der Waals surface area contributed by atoms with E-state index in [-0.39, 0.29) is 49.6 Å². The Kier molecular flexibility index (Phi) is 10.4. The van der Waals surface area contributed by atoms with Gasteiger partial charge < -0.3 is 33.9 Å². The Bertz CT molecular complexity index is 1680. The number of hydrogen-bond donors (Lipinski definition) is 2. The molecule has 3 aliphatic heterocycles. The first-order valence-electron chi connectivity index (χ1n) is 15.9. The van der Waals surface area contributed by atoms with Crippen LogP contribution in [0.4, 0.5) is 4.79 Å². The summed E-state index contributed by atoms with van der Waals surface area (Å²) < 4.78 is 57.4.